The summed E-state index contributed by atoms with van der Waals surface area (Å²) in [5, 5.41) is 2.96. The second-order valence-corrected chi connectivity index (χ2v) is 9.77. The number of nitrogens with zero attached hydrogens (tertiary/aromatic N) is 2. The molecule has 0 radical (unpaired) electrons. The lowest BCUT2D eigenvalue weighted by Gasteiger charge is -2.45. The maximum Gasteiger partial charge on any atom is 0.256 e. The lowest BCUT2D eigenvalue weighted by Crippen LogP contribution is -2.60. The van der Waals surface area contributed by atoms with Crippen LogP contribution in [0.2, 0.25) is 0 Å². The van der Waals surface area contributed by atoms with Crippen LogP contribution in [0.15, 0.2) is 24.3 Å². The molecule has 2 heterocycles. The Bertz CT molecular complexity index is 873. The van der Waals surface area contributed by atoms with Crippen molar-refractivity contribution in [2.75, 3.05) is 33.4 Å². The number of hydrogen-bond acceptors (Lipinski definition) is 5. The number of amides is 3. The van der Waals surface area contributed by atoms with Gasteiger partial charge >= 0.3 is 0 Å². The smallest absolute Gasteiger partial charge is 0.256 e. The van der Waals surface area contributed by atoms with Crippen LogP contribution < -0.4 is 10.1 Å². The molecule has 1 saturated carbocycles. The van der Waals surface area contributed by atoms with Crippen molar-refractivity contribution in [3.8, 4) is 5.75 Å². The third-order valence-electron chi connectivity index (χ3n) is 7.11. The zero-order chi connectivity index (χ0) is 23.6. The van der Waals surface area contributed by atoms with Crippen LogP contribution >= 0.6 is 0 Å². The Morgan fingerprint density at radius 1 is 1.15 bits per heavy atom. The number of likely N-dealkylation sites (tertiary alicyclic amines) is 1. The number of carbonyl (C=O) groups is 3. The average Bonchev–Trinajstić information content (AvgIpc) is 3.14. The molecular weight excluding hydrogens is 422 g/mol. The fourth-order valence-electron chi connectivity index (χ4n) is 4.85. The highest BCUT2D eigenvalue weighted by Gasteiger charge is 2.54. The molecule has 180 valence electrons. The van der Waals surface area contributed by atoms with E-state index in [4.69, 9.17) is 9.47 Å². The Hall–Kier alpha value is -2.61. The molecule has 33 heavy (non-hydrogen) atoms. The number of methoxy groups -OCH3 is 1. The highest BCUT2D eigenvalue weighted by atomic mass is 16.5. The van der Waals surface area contributed by atoms with Crippen molar-refractivity contribution in [2.24, 2.45) is 11.8 Å². The third-order valence-corrected chi connectivity index (χ3v) is 7.11. The molecular formula is C25H35N3O5. The minimum absolute atomic E-state index is 0.148. The van der Waals surface area contributed by atoms with Crippen molar-refractivity contribution in [3.63, 3.8) is 0 Å². The van der Waals surface area contributed by atoms with Crippen molar-refractivity contribution in [3.05, 3.63) is 29.8 Å². The SMILES string of the molecule is COc1ccc(C(=O)N2C(C(=O)NCC(C)C)COC23CCN(C(=O)C2CCC2)CC3)cc1. The lowest BCUT2D eigenvalue weighted by molar-refractivity contribution is -0.149. The van der Waals surface area contributed by atoms with Crippen LogP contribution in [0.1, 0.15) is 56.3 Å². The van der Waals surface area contributed by atoms with Gasteiger partial charge in [0.2, 0.25) is 11.8 Å². The molecule has 1 unspecified atom stereocenters. The fourth-order valence-corrected chi connectivity index (χ4v) is 4.85. The van der Waals surface area contributed by atoms with Crippen molar-refractivity contribution in [2.45, 2.75) is 57.7 Å². The molecule has 0 aromatic heterocycles. The van der Waals surface area contributed by atoms with Gasteiger partial charge in [-0.1, -0.05) is 20.3 Å². The van der Waals surface area contributed by atoms with E-state index in [-0.39, 0.29) is 30.2 Å². The number of rotatable bonds is 6. The van der Waals surface area contributed by atoms with E-state index in [1.54, 1.807) is 36.3 Å². The number of benzene rings is 1. The van der Waals surface area contributed by atoms with E-state index in [0.29, 0.717) is 49.7 Å². The Balaban J connectivity index is 1.55. The van der Waals surface area contributed by atoms with Crippen LogP contribution in [0, 0.1) is 11.8 Å². The number of carbonyl (C=O) groups excluding carboxylic acids is 3. The first-order chi connectivity index (χ1) is 15.8. The molecule has 1 aromatic carbocycles. The fraction of sp³-hybridized carbons (Fsp3) is 0.640. The Kier molecular flexibility index (Phi) is 6.93. The molecule has 1 N–H and O–H groups in total. The monoisotopic (exact) mass is 457 g/mol. The van der Waals surface area contributed by atoms with Gasteiger partial charge in [-0.15, -0.1) is 0 Å². The Morgan fingerprint density at radius 2 is 1.82 bits per heavy atom. The molecule has 3 fully saturated rings. The highest BCUT2D eigenvalue weighted by Crippen LogP contribution is 2.39. The molecule has 1 aromatic rings. The quantitative estimate of drug-likeness (QED) is 0.709. The summed E-state index contributed by atoms with van der Waals surface area (Å²) in [5.41, 5.74) is -0.400. The molecule has 1 atom stereocenters. The predicted octanol–water partition coefficient (Wildman–Crippen LogP) is 2.43. The summed E-state index contributed by atoms with van der Waals surface area (Å²) in [6.07, 6.45) is 4.06. The zero-order valence-corrected chi connectivity index (χ0v) is 19.8. The molecule has 3 amide bonds. The minimum atomic E-state index is -0.882. The van der Waals surface area contributed by atoms with Crippen LogP contribution in [0.4, 0.5) is 0 Å². The topological polar surface area (TPSA) is 88.2 Å². The van der Waals surface area contributed by atoms with Gasteiger partial charge in [-0.25, -0.2) is 0 Å². The molecule has 1 spiro atoms. The van der Waals surface area contributed by atoms with Crippen molar-refractivity contribution >= 4 is 17.7 Å². The van der Waals surface area contributed by atoms with Crippen molar-refractivity contribution in [1.82, 2.24) is 15.1 Å². The second kappa shape index (κ2) is 9.71. The molecule has 0 bridgehead atoms. The maximum absolute atomic E-state index is 13.7. The van der Waals surface area contributed by atoms with Crippen LogP contribution in [-0.4, -0.2) is 72.6 Å². The van der Waals surface area contributed by atoms with E-state index in [1.807, 2.05) is 18.7 Å². The molecule has 3 aliphatic rings. The second-order valence-electron chi connectivity index (χ2n) is 9.77. The van der Waals surface area contributed by atoms with Gasteiger partial charge < -0.3 is 19.7 Å². The molecule has 2 saturated heterocycles. The number of hydrogen-bond donors (Lipinski definition) is 1. The molecule has 8 nitrogen and oxygen atoms in total. The van der Waals surface area contributed by atoms with Gasteiger partial charge in [-0.05, 0) is 43.0 Å². The van der Waals surface area contributed by atoms with Crippen LogP contribution in [0.3, 0.4) is 0 Å². The van der Waals surface area contributed by atoms with E-state index >= 15 is 0 Å². The minimum Gasteiger partial charge on any atom is -0.497 e. The van der Waals surface area contributed by atoms with E-state index in [1.165, 1.54) is 0 Å². The van der Waals surface area contributed by atoms with Gasteiger partial charge in [0.25, 0.3) is 5.91 Å². The van der Waals surface area contributed by atoms with Gasteiger partial charge in [-0.3, -0.25) is 19.3 Å². The van der Waals surface area contributed by atoms with Crippen molar-refractivity contribution in [1.29, 1.82) is 0 Å². The van der Waals surface area contributed by atoms with Crippen LogP contribution in [-0.2, 0) is 14.3 Å². The maximum atomic E-state index is 13.7. The first kappa shape index (κ1) is 23.5. The summed E-state index contributed by atoms with van der Waals surface area (Å²) in [7, 11) is 1.58. The van der Waals surface area contributed by atoms with Gasteiger partial charge in [-0.2, -0.15) is 0 Å². The summed E-state index contributed by atoms with van der Waals surface area (Å²) in [4.78, 5) is 43.0. The number of nitrogens with one attached hydrogen (secondary N) is 1. The molecule has 2 aliphatic heterocycles. The van der Waals surface area contributed by atoms with Gasteiger partial charge in [0, 0.05) is 44.0 Å². The highest BCUT2D eigenvalue weighted by molar-refractivity contribution is 5.98. The zero-order valence-electron chi connectivity index (χ0n) is 19.8. The average molecular weight is 458 g/mol. The summed E-state index contributed by atoms with van der Waals surface area (Å²) in [6, 6.07) is 6.21. The first-order valence-corrected chi connectivity index (χ1v) is 12.0. The summed E-state index contributed by atoms with van der Waals surface area (Å²) < 4.78 is 11.4. The first-order valence-electron chi connectivity index (χ1n) is 12.0. The summed E-state index contributed by atoms with van der Waals surface area (Å²) in [6.45, 7) is 5.81. The van der Waals surface area contributed by atoms with Gasteiger partial charge in [0.05, 0.1) is 13.7 Å². The van der Waals surface area contributed by atoms with Gasteiger partial charge in [0.15, 0.2) is 0 Å². The third kappa shape index (κ3) is 4.71. The normalized spacial score (nSPS) is 22.4. The number of ether oxygens (including phenoxy) is 2. The Morgan fingerprint density at radius 3 is 2.36 bits per heavy atom. The van der Waals surface area contributed by atoms with Crippen LogP contribution in [0.25, 0.3) is 0 Å². The standard InChI is InChI=1S/C25H35N3O5/c1-17(2)15-26-22(29)21-16-33-25(11-13-27(14-12-25)23(30)18-5-4-6-18)28(21)24(31)19-7-9-20(32-3)10-8-19/h7-10,17-18,21H,4-6,11-16H2,1-3H3,(H,26,29). The van der Waals surface area contributed by atoms with Gasteiger partial charge in [0.1, 0.15) is 17.5 Å². The summed E-state index contributed by atoms with van der Waals surface area (Å²) in [5.74, 6) is 0.891. The molecule has 1 aliphatic carbocycles. The lowest BCUT2D eigenvalue weighted by atomic mass is 9.83. The van der Waals surface area contributed by atoms with E-state index in [0.717, 1.165) is 19.3 Å². The number of piperidine rings is 1. The predicted molar refractivity (Wildman–Crippen MR) is 123 cm³/mol. The van der Waals surface area contributed by atoms with Crippen molar-refractivity contribution < 1.29 is 23.9 Å². The van der Waals surface area contributed by atoms with E-state index < -0.39 is 11.8 Å². The van der Waals surface area contributed by atoms with E-state index in [9.17, 15) is 14.4 Å². The summed E-state index contributed by atoms with van der Waals surface area (Å²) >= 11 is 0. The largest absolute Gasteiger partial charge is 0.497 e. The molecule has 8 heteroatoms. The molecule has 4 rings (SSSR count). The van der Waals surface area contributed by atoms with E-state index in [2.05, 4.69) is 5.32 Å². The van der Waals surface area contributed by atoms with Crippen LogP contribution in [0.5, 0.6) is 5.75 Å². The Labute approximate surface area is 195 Å².